The number of fused-ring (bicyclic) bond motifs is 2. The third-order valence-corrected chi connectivity index (χ3v) is 4.46. The number of hydrogen-bond acceptors (Lipinski definition) is 5. The number of carbonyl (C=O) groups is 1. The predicted molar refractivity (Wildman–Crippen MR) is 106 cm³/mol. The fourth-order valence-corrected chi connectivity index (χ4v) is 3.02. The Morgan fingerprint density at radius 1 is 1.04 bits per heavy atom. The van der Waals surface area contributed by atoms with Crippen LogP contribution in [-0.2, 0) is 4.79 Å². The fraction of sp³-hybridized carbons (Fsp3) is 0.182. The molecule has 1 N–H and O–H groups in total. The Morgan fingerprint density at radius 3 is 2.64 bits per heavy atom. The number of carboxylic acid groups (broad SMARTS) is 1. The van der Waals surface area contributed by atoms with Gasteiger partial charge in [-0.25, -0.2) is 4.98 Å². The monoisotopic (exact) mass is 377 g/mol. The summed E-state index contributed by atoms with van der Waals surface area (Å²) in [5.41, 5.74) is 2.35. The summed E-state index contributed by atoms with van der Waals surface area (Å²) in [7, 11) is 1.62. The van der Waals surface area contributed by atoms with E-state index in [4.69, 9.17) is 19.0 Å². The molecule has 0 saturated heterocycles. The maximum Gasteiger partial charge on any atom is 0.303 e. The second-order valence-electron chi connectivity index (χ2n) is 6.42. The Morgan fingerprint density at radius 2 is 1.82 bits per heavy atom. The lowest BCUT2D eigenvalue weighted by atomic mass is 10.1. The molecule has 0 unspecified atom stereocenters. The minimum Gasteiger partial charge on any atom is -0.497 e. The minimum atomic E-state index is -0.813. The van der Waals surface area contributed by atoms with Crippen LogP contribution in [-0.4, -0.2) is 29.8 Å². The van der Waals surface area contributed by atoms with Crippen LogP contribution in [0.2, 0.25) is 0 Å². The van der Waals surface area contributed by atoms with Crippen molar-refractivity contribution in [2.75, 3.05) is 13.7 Å². The Bertz CT molecular complexity index is 1150. The third-order valence-electron chi connectivity index (χ3n) is 4.46. The Hall–Kier alpha value is -3.54. The van der Waals surface area contributed by atoms with Crippen LogP contribution in [0, 0.1) is 0 Å². The van der Waals surface area contributed by atoms with Crippen molar-refractivity contribution in [1.29, 1.82) is 0 Å². The molecule has 0 aliphatic heterocycles. The number of aliphatic carboxylic acids is 1. The molecular formula is C22H19NO5. The Balaban J connectivity index is 1.56. The van der Waals surface area contributed by atoms with E-state index in [0.29, 0.717) is 24.5 Å². The molecule has 0 bridgehead atoms. The second-order valence-corrected chi connectivity index (χ2v) is 6.42. The van der Waals surface area contributed by atoms with Crippen LogP contribution in [0.15, 0.2) is 59.0 Å². The van der Waals surface area contributed by atoms with Gasteiger partial charge in [0.2, 0.25) is 5.89 Å². The normalized spacial score (nSPS) is 11.0. The van der Waals surface area contributed by atoms with Gasteiger partial charge in [0.15, 0.2) is 5.58 Å². The van der Waals surface area contributed by atoms with Gasteiger partial charge in [-0.2, -0.15) is 0 Å². The van der Waals surface area contributed by atoms with Crippen LogP contribution < -0.4 is 9.47 Å². The lowest BCUT2D eigenvalue weighted by Crippen LogP contribution is -2.01. The van der Waals surface area contributed by atoms with Gasteiger partial charge in [0.05, 0.1) is 13.7 Å². The lowest BCUT2D eigenvalue weighted by Gasteiger charge is -2.07. The molecule has 4 aromatic rings. The quantitative estimate of drug-likeness (QED) is 0.461. The molecule has 0 amide bonds. The number of oxazole rings is 1. The molecular weight excluding hydrogens is 358 g/mol. The predicted octanol–water partition coefficient (Wildman–Crippen LogP) is 4.90. The molecule has 142 valence electrons. The maximum absolute atomic E-state index is 10.5. The van der Waals surface area contributed by atoms with Gasteiger partial charge in [-0.05, 0) is 53.6 Å². The highest BCUT2D eigenvalue weighted by Crippen LogP contribution is 2.30. The van der Waals surface area contributed by atoms with Crippen molar-refractivity contribution >= 4 is 27.8 Å². The van der Waals surface area contributed by atoms with Gasteiger partial charge in [0.25, 0.3) is 0 Å². The largest absolute Gasteiger partial charge is 0.497 e. The van der Waals surface area contributed by atoms with E-state index in [1.807, 2.05) is 54.6 Å². The number of aromatic nitrogens is 1. The van der Waals surface area contributed by atoms with Crippen molar-refractivity contribution in [2.45, 2.75) is 12.8 Å². The van der Waals surface area contributed by atoms with Crippen molar-refractivity contribution in [3.8, 4) is 23.0 Å². The number of rotatable bonds is 7. The van der Waals surface area contributed by atoms with E-state index >= 15 is 0 Å². The van der Waals surface area contributed by atoms with E-state index in [1.165, 1.54) is 0 Å². The van der Waals surface area contributed by atoms with Gasteiger partial charge in [-0.3, -0.25) is 4.79 Å². The first-order valence-corrected chi connectivity index (χ1v) is 8.96. The molecule has 1 aromatic heterocycles. The second kappa shape index (κ2) is 7.60. The summed E-state index contributed by atoms with van der Waals surface area (Å²) < 4.78 is 16.7. The molecule has 0 radical (unpaired) electrons. The summed E-state index contributed by atoms with van der Waals surface area (Å²) in [6, 6.07) is 17.3. The van der Waals surface area contributed by atoms with Crippen molar-refractivity contribution in [1.82, 2.24) is 4.98 Å². The number of carboxylic acids is 1. The number of hydrogen-bond donors (Lipinski definition) is 1. The fourth-order valence-electron chi connectivity index (χ4n) is 3.02. The molecule has 0 aliphatic carbocycles. The summed E-state index contributed by atoms with van der Waals surface area (Å²) in [4.78, 5) is 15.1. The van der Waals surface area contributed by atoms with E-state index < -0.39 is 5.97 Å². The third kappa shape index (κ3) is 3.76. The average molecular weight is 377 g/mol. The smallest absolute Gasteiger partial charge is 0.303 e. The Labute approximate surface area is 161 Å². The van der Waals surface area contributed by atoms with Crippen molar-refractivity contribution in [2.24, 2.45) is 0 Å². The van der Waals surface area contributed by atoms with Crippen LogP contribution in [0.1, 0.15) is 12.8 Å². The van der Waals surface area contributed by atoms with Crippen molar-refractivity contribution in [3.05, 3.63) is 54.6 Å². The van der Waals surface area contributed by atoms with E-state index in [1.54, 1.807) is 7.11 Å². The van der Waals surface area contributed by atoms with Crippen LogP contribution in [0.5, 0.6) is 11.5 Å². The zero-order valence-corrected chi connectivity index (χ0v) is 15.3. The van der Waals surface area contributed by atoms with Crippen molar-refractivity contribution in [3.63, 3.8) is 0 Å². The van der Waals surface area contributed by atoms with Crippen LogP contribution in [0.25, 0.3) is 33.3 Å². The SMILES string of the molecule is COc1ccc2nc(-c3ccc4cc(OCCCC(=O)O)ccc4c3)oc2c1. The number of benzene rings is 3. The van der Waals surface area contributed by atoms with E-state index in [9.17, 15) is 4.79 Å². The van der Waals surface area contributed by atoms with Gasteiger partial charge >= 0.3 is 5.97 Å². The highest BCUT2D eigenvalue weighted by Gasteiger charge is 2.10. The summed E-state index contributed by atoms with van der Waals surface area (Å²) in [6.07, 6.45) is 0.585. The van der Waals surface area contributed by atoms with E-state index in [2.05, 4.69) is 4.98 Å². The number of methoxy groups -OCH3 is 1. The molecule has 0 fully saturated rings. The highest BCUT2D eigenvalue weighted by atomic mass is 16.5. The summed E-state index contributed by atoms with van der Waals surface area (Å²) in [5.74, 6) is 1.19. The van der Waals surface area contributed by atoms with Crippen LogP contribution >= 0.6 is 0 Å². The van der Waals surface area contributed by atoms with Crippen molar-refractivity contribution < 1.29 is 23.8 Å². The molecule has 28 heavy (non-hydrogen) atoms. The Kier molecular flexibility index (Phi) is 4.85. The molecule has 6 heteroatoms. The van der Waals surface area contributed by atoms with E-state index in [-0.39, 0.29) is 6.42 Å². The molecule has 0 atom stereocenters. The zero-order valence-electron chi connectivity index (χ0n) is 15.3. The van der Waals surface area contributed by atoms with Gasteiger partial charge in [0, 0.05) is 18.1 Å². The van der Waals surface area contributed by atoms with Gasteiger partial charge in [0.1, 0.15) is 17.0 Å². The highest BCUT2D eigenvalue weighted by molar-refractivity contribution is 5.88. The van der Waals surface area contributed by atoms with Gasteiger partial charge in [-0.15, -0.1) is 0 Å². The molecule has 1 heterocycles. The minimum absolute atomic E-state index is 0.104. The molecule has 0 aliphatic rings. The first kappa shape index (κ1) is 17.9. The topological polar surface area (TPSA) is 81.8 Å². The number of ether oxygens (including phenoxy) is 2. The average Bonchev–Trinajstić information content (AvgIpc) is 3.13. The molecule has 3 aromatic carbocycles. The van der Waals surface area contributed by atoms with Crippen LogP contribution in [0.4, 0.5) is 0 Å². The molecule has 0 spiro atoms. The molecule has 0 saturated carbocycles. The van der Waals surface area contributed by atoms with Gasteiger partial charge in [-0.1, -0.05) is 12.1 Å². The summed E-state index contributed by atoms with van der Waals surface area (Å²) >= 11 is 0. The number of nitrogens with zero attached hydrogens (tertiary/aromatic N) is 1. The first-order chi connectivity index (χ1) is 13.6. The van der Waals surface area contributed by atoms with Gasteiger partial charge < -0.3 is 19.0 Å². The standard InChI is InChI=1S/C22H19NO5/c1-26-17-8-9-19-20(13-17)28-22(23-19)16-5-4-15-12-18(7-6-14(15)11-16)27-10-2-3-21(24)25/h4-9,11-13H,2-3,10H2,1H3,(H,24,25). The summed E-state index contributed by atoms with van der Waals surface area (Å²) in [5, 5.41) is 10.7. The molecule has 6 nitrogen and oxygen atoms in total. The van der Waals surface area contributed by atoms with E-state index in [0.717, 1.165) is 33.4 Å². The maximum atomic E-state index is 10.5. The van der Waals surface area contributed by atoms with Crippen LogP contribution in [0.3, 0.4) is 0 Å². The lowest BCUT2D eigenvalue weighted by molar-refractivity contribution is -0.137. The summed E-state index contributed by atoms with van der Waals surface area (Å²) in [6.45, 7) is 0.377. The first-order valence-electron chi connectivity index (χ1n) is 8.96. The zero-order chi connectivity index (χ0) is 19.5. The molecule has 4 rings (SSSR count).